The number of allylic oxidation sites excluding steroid dienone is 3. The lowest BCUT2D eigenvalue weighted by atomic mass is 10.1. The van der Waals surface area contributed by atoms with E-state index in [0.29, 0.717) is 0 Å². The zero-order valence-electron chi connectivity index (χ0n) is 8.76. The van der Waals surface area contributed by atoms with Gasteiger partial charge < -0.3 is 4.90 Å². The van der Waals surface area contributed by atoms with Crippen LogP contribution in [0.3, 0.4) is 0 Å². The van der Waals surface area contributed by atoms with Crippen molar-refractivity contribution in [3.8, 4) is 0 Å². The third kappa shape index (κ3) is 2.59. The molecule has 0 aliphatic carbocycles. The number of rotatable bonds is 3. The molecule has 2 rings (SSSR count). The SMILES string of the molecule is C=CC1=CCN(Cc2ccccc2)C=C1. The third-order valence-corrected chi connectivity index (χ3v) is 2.50. The molecule has 0 saturated carbocycles. The summed E-state index contributed by atoms with van der Waals surface area (Å²) in [5, 5.41) is 0. The average molecular weight is 197 g/mol. The summed E-state index contributed by atoms with van der Waals surface area (Å²) in [4.78, 5) is 2.28. The van der Waals surface area contributed by atoms with Gasteiger partial charge in [-0.3, -0.25) is 0 Å². The van der Waals surface area contributed by atoms with E-state index in [1.165, 1.54) is 11.1 Å². The first-order valence-electron chi connectivity index (χ1n) is 5.17. The maximum absolute atomic E-state index is 3.76. The summed E-state index contributed by atoms with van der Waals surface area (Å²) in [6.07, 6.45) is 8.30. The van der Waals surface area contributed by atoms with E-state index < -0.39 is 0 Å². The Morgan fingerprint density at radius 1 is 1.27 bits per heavy atom. The van der Waals surface area contributed by atoms with E-state index in [1.54, 1.807) is 0 Å². The molecule has 1 aliphatic heterocycles. The van der Waals surface area contributed by atoms with Crippen molar-refractivity contribution in [3.05, 3.63) is 72.5 Å². The molecule has 1 aromatic rings. The van der Waals surface area contributed by atoms with E-state index >= 15 is 0 Å². The lowest BCUT2D eigenvalue weighted by Gasteiger charge is -2.21. The van der Waals surface area contributed by atoms with Gasteiger partial charge in [0.1, 0.15) is 0 Å². The Balaban J connectivity index is 1.97. The number of hydrogen-bond acceptors (Lipinski definition) is 1. The summed E-state index contributed by atoms with van der Waals surface area (Å²) in [7, 11) is 0. The van der Waals surface area contributed by atoms with Crippen LogP contribution in [0.2, 0.25) is 0 Å². The minimum Gasteiger partial charge on any atom is -0.369 e. The van der Waals surface area contributed by atoms with E-state index in [0.717, 1.165) is 13.1 Å². The van der Waals surface area contributed by atoms with Gasteiger partial charge in [-0.1, -0.05) is 49.1 Å². The first kappa shape index (κ1) is 9.78. The highest BCUT2D eigenvalue weighted by Crippen LogP contribution is 2.11. The number of hydrogen-bond donors (Lipinski definition) is 0. The van der Waals surface area contributed by atoms with Gasteiger partial charge in [-0.25, -0.2) is 0 Å². The minimum atomic E-state index is 0.965. The third-order valence-electron chi connectivity index (χ3n) is 2.50. The van der Waals surface area contributed by atoms with Gasteiger partial charge in [0.05, 0.1) is 0 Å². The largest absolute Gasteiger partial charge is 0.369 e. The molecule has 0 saturated heterocycles. The van der Waals surface area contributed by atoms with Crippen molar-refractivity contribution in [2.75, 3.05) is 6.54 Å². The van der Waals surface area contributed by atoms with E-state index in [4.69, 9.17) is 0 Å². The fourth-order valence-corrected chi connectivity index (χ4v) is 1.63. The Morgan fingerprint density at radius 3 is 2.67 bits per heavy atom. The van der Waals surface area contributed by atoms with Crippen molar-refractivity contribution >= 4 is 0 Å². The number of nitrogens with zero attached hydrogens (tertiary/aromatic N) is 1. The molecule has 0 N–H and O–H groups in total. The van der Waals surface area contributed by atoms with Gasteiger partial charge >= 0.3 is 0 Å². The van der Waals surface area contributed by atoms with Crippen molar-refractivity contribution < 1.29 is 0 Å². The number of benzene rings is 1. The van der Waals surface area contributed by atoms with Crippen LogP contribution < -0.4 is 0 Å². The zero-order valence-corrected chi connectivity index (χ0v) is 8.76. The van der Waals surface area contributed by atoms with Gasteiger partial charge in [0, 0.05) is 19.3 Å². The Labute approximate surface area is 91.0 Å². The molecule has 1 heterocycles. The maximum Gasteiger partial charge on any atom is 0.0427 e. The molecule has 0 fully saturated rings. The second kappa shape index (κ2) is 4.65. The molecule has 1 nitrogen and oxygen atoms in total. The molecule has 76 valence electrons. The second-order valence-corrected chi connectivity index (χ2v) is 3.64. The van der Waals surface area contributed by atoms with E-state index in [2.05, 4.69) is 54.1 Å². The van der Waals surface area contributed by atoms with Crippen LogP contribution in [-0.2, 0) is 6.54 Å². The maximum atomic E-state index is 3.76. The predicted octanol–water partition coefficient (Wildman–Crippen LogP) is 3.13. The van der Waals surface area contributed by atoms with Gasteiger partial charge in [-0.05, 0) is 17.2 Å². The summed E-state index contributed by atoms with van der Waals surface area (Å²) in [6.45, 7) is 5.69. The summed E-state index contributed by atoms with van der Waals surface area (Å²) in [5.41, 5.74) is 2.55. The molecule has 0 radical (unpaired) electrons. The molecule has 15 heavy (non-hydrogen) atoms. The standard InChI is InChI=1S/C14H15N/c1-2-13-8-10-15(11-9-13)12-14-6-4-3-5-7-14/h2-10H,1,11-12H2. The van der Waals surface area contributed by atoms with Gasteiger partial charge in [0.2, 0.25) is 0 Å². The van der Waals surface area contributed by atoms with Crippen LogP contribution in [0.5, 0.6) is 0 Å². The molecule has 0 amide bonds. The molecule has 1 aliphatic rings. The molecule has 1 heteroatoms. The summed E-state index contributed by atoms with van der Waals surface area (Å²) in [6, 6.07) is 10.5. The van der Waals surface area contributed by atoms with Crippen LogP contribution in [-0.4, -0.2) is 11.4 Å². The second-order valence-electron chi connectivity index (χ2n) is 3.64. The van der Waals surface area contributed by atoms with Crippen LogP contribution in [0.15, 0.2) is 66.9 Å². The van der Waals surface area contributed by atoms with Crippen LogP contribution in [0.1, 0.15) is 5.56 Å². The van der Waals surface area contributed by atoms with Crippen molar-refractivity contribution in [1.82, 2.24) is 4.90 Å². The quantitative estimate of drug-likeness (QED) is 0.719. The zero-order chi connectivity index (χ0) is 10.5. The van der Waals surface area contributed by atoms with Crippen LogP contribution >= 0.6 is 0 Å². The molecule has 0 aromatic heterocycles. The topological polar surface area (TPSA) is 3.24 Å². The summed E-state index contributed by atoms with van der Waals surface area (Å²) < 4.78 is 0. The summed E-state index contributed by atoms with van der Waals surface area (Å²) >= 11 is 0. The molecule has 0 unspecified atom stereocenters. The van der Waals surface area contributed by atoms with Crippen molar-refractivity contribution in [2.45, 2.75) is 6.54 Å². The lowest BCUT2D eigenvalue weighted by molar-refractivity contribution is 0.404. The molecule has 1 aromatic carbocycles. The normalized spacial score (nSPS) is 14.9. The van der Waals surface area contributed by atoms with Crippen molar-refractivity contribution in [1.29, 1.82) is 0 Å². The first-order valence-corrected chi connectivity index (χ1v) is 5.17. The van der Waals surface area contributed by atoms with Gasteiger partial charge in [0.15, 0.2) is 0 Å². The van der Waals surface area contributed by atoms with Crippen LogP contribution in [0.25, 0.3) is 0 Å². The Bertz CT molecular complexity index is 387. The molecule has 0 atom stereocenters. The van der Waals surface area contributed by atoms with Gasteiger partial charge in [-0.15, -0.1) is 0 Å². The highest BCUT2D eigenvalue weighted by molar-refractivity contribution is 5.31. The van der Waals surface area contributed by atoms with Crippen molar-refractivity contribution in [3.63, 3.8) is 0 Å². The van der Waals surface area contributed by atoms with Gasteiger partial charge in [-0.2, -0.15) is 0 Å². The fraction of sp³-hybridized carbons (Fsp3) is 0.143. The highest BCUT2D eigenvalue weighted by Gasteiger charge is 2.02. The average Bonchev–Trinajstić information content (AvgIpc) is 2.31. The predicted molar refractivity (Wildman–Crippen MR) is 64.3 cm³/mol. The highest BCUT2D eigenvalue weighted by atomic mass is 15.1. The molecular formula is C14H15N. The van der Waals surface area contributed by atoms with E-state index in [1.807, 2.05) is 12.1 Å². The summed E-state index contributed by atoms with van der Waals surface area (Å²) in [5.74, 6) is 0. The molecular weight excluding hydrogens is 182 g/mol. The van der Waals surface area contributed by atoms with Crippen molar-refractivity contribution in [2.24, 2.45) is 0 Å². The monoisotopic (exact) mass is 197 g/mol. The minimum absolute atomic E-state index is 0.965. The fourth-order valence-electron chi connectivity index (χ4n) is 1.63. The van der Waals surface area contributed by atoms with E-state index in [-0.39, 0.29) is 0 Å². The molecule has 0 spiro atoms. The first-order chi connectivity index (χ1) is 7.38. The van der Waals surface area contributed by atoms with Crippen LogP contribution in [0.4, 0.5) is 0 Å². The Morgan fingerprint density at radius 2 is 2.07 bits per heavy atom. The smallest absolute Gasteiger partial charge is 0.0427 e. The van der Waals surface area contributed by atoms with E-state index in [9.17, 15) is 0 Å². The Kier molecular flexibility index (Phi) is 3.03. The molecule has 0 bridgehead atoms. The van der Waals surface area contributed by atoms with Crippen LogP contribution in [0, 0.1) is 0 Å². The lowest BCUT2D eigenvalue weighted by Crippen LogP contribution is -2.19. The Hall–Kier alpha value is -1.76. The van der Waals surface area contributed by atoms with Gasteiger partial charge in [0.25, 0.3) is 0 Å².